The Kier molecular flexibility index (Phi) is 21.5. The third-order valence-corrected chi connectivity index (χ3v) is 5.13. The standard InChI is InChI=1S/C14H28O2.C11H20O/c1-2-3-4-5-6-7-8-9-10-11-12-13-14(15)16;1-5-10(3)8-7-9-11(4,12)6-2/h2-13H2,1H3,(H,15,16);6,8,12H,2,5,7,9H2,1,3-4H3/b;10-8+. The molecule has 0 fully saturated rings. The van der Waals surface area contributed by atoms with Crippen LogP contribution in [-0.4, -0.2) is 21.8 Å². The molecule has 0 aliphatic rings. The summed E-state index contributed by atoms with van der Waals surface area (Å²) in [5.41, 5.74) is 0.680. The maximum absolute atomic E-state index is 10.3. The number of carbonyl (C=O) groups is 1. The van der Waals surface area contributed by atoms with Crippen LogP contribution in [0.2, 0.25) is 0 Å². The number of carboxylic acid groups (broad SMARTS) is 1. The first kappa shape index (κ1) is 29.1. The van der Waals surface area contributed by atoms with E-state index in [1.54, 1.807) is 13.0 Å². The van der Waals surface area contributed by atoms with E-state index in [1.807, 2.05) is 0 Å². The van der Waals surface area contributed by atoms with E-state index in [9.17, 15) is 9.90 Å². The van der Waals surface area contributed by atoms with Gasteiger partial charge in [0.2, 0.25) is 0 Å². The molecule has 0 aromatic heterocycles. The molecule has 0 radical (unpaired) electrons. The van der Waals surface area contributed by atoms with Gasteiger partial charge in [-0.25, -0.2) is 0 Å². The minimum absolute atomic E-state index is 0.344. The maximum Gasteiger partial charge on any atom is 0.303 e. The molecule has 28 heavy (non-hydrogen) atoms. The normalized spacial score (nSPS) is 13.4. The Morgan fingerprint density at radius 3 is 1.79 bits per heavy atom. The highest BCUT2D eigenvalue weighted by molar-refractivity contribution is 5.66. The number of allylic oxidation sites excluding steroid dienone is 2. The van der Waals surface area contributed by atoms with Crippen LogP contribution in [0.1, 0.15) is 124 Å². The van der Waals surface area contributed by atoms with Gasteiger partial charge >= 0.3 is 5.97 Å². The molecule has 2 N–H and O–H groups in total. The van der Waals surface area contributed by atoms with Crippen LogP contribution in [0.3, 0.4) is 0 Å². The van der Waals surface area contributed by atoms with Gasteiger partial charge in [-0.05, 0) is 39.5 Å². The van der Waals surface area contributed by atoms with Crippen LogP contribution < -0.4 is 0 Å². The quantitative estimate of drug-likeness (QED) is 0.194. The van der Waals surface area contributed by atoms with Crippen LogP contribution in [0.4, 0.5) is 0 Å². The molecule has 0 rings (SSSR count). The van der Waals surface area contributed by atoms with Crippen molar-refractivity contribution in [3.05, 3.63) is 24.3 Å². The van der Waals surface area contributed by atoms with Crippen LogP contribution in [0.25, 0.3) is 0 Å². The molecule has 0 aromatic carbocycles. The third kappa shape index (κ3) is 24.9. The number of rotatable bonds is 17. The molecule has 0 spiro atoms. The first-order chi connectivity index (χ1) is 13.3. The van der Waals surface area contributed by atoms with Crippen molar-refractivity contribution in [3.63, 3.8) is 0 Å². The molecule has 0 bridgehead atoms. The SMILES string of the molecule is C=CC(C)(O)CC/C=C(\C)CC.CCCCCCCCCCCCCC(=O)O. The monoisotopic (exact) mass is 396 g/mol. The van der Waals surface area contributed by atoms with Gasteiger partial charge in [0.15, 0.2) is 0 Å². The van der Waals surface area contributed by atoms with Crippen molar-refractivity contribution in [3.8, 4) is 0 Å². The van der Waals surface area contributed by atoms with Gasteiger partial charge in [-0.3, -0.25) is 4.79 Å². The Balaban J connectivity index is 0. The van der Waals surface area contributed by atoms with Crippen molar-refractivity contribution in [1.29, 1.82) is 0 Å². The second-order valence-corrected chi connectivity index (χ2v) is 8.18. The summed E-state index contributed by atoms with van der Waals surface area (Å²) in [6.07, 6.45) is 20.9. The first-order valence-corrected chi connectivity index (χ1v) is 11.5. The zero-order valence-electron chi connectivity index (χ0n) is 19.3. The van der Waals surface area contributed by atoms with Gasteiger partial charge < -0.3 is 10.2 Å². The molecule has 1 unspecified atom stereocenters. The average Bonchev–Trinajstić information content (AvgIpc) is 2.66. The Bertz CT molecular complexity index is 397. The zero-order chi connectivity index (χ0) is 21.7. The highest BCUT2D eigenvalue weighted by atomic mass is 16.4. The Hall–Kier alpha value is -1.09. The summed E-state index contributed by atoms with van der Waals surface area (Å²) in [5.74, 6) is -0.657. The summed E-state index contributed by atoms with van der Waals surface area (Å²) in [5, 5.41) is 18.0. The van der Waals surface area contributed by atoms with Gasteiger partial charge in [-0.15, -0.1) is 6.58 Å². The lowest BCUT2D eigenvalue weighted by Gasteiger charge is -2.16. The van der Waals surface area contributed by atoms with E-state index in [-0.39, 0.29) is 0 Å². The third-order valence-electron chi connectivity index (χ3n) is 5.13. The van der Waals surface area contributed by atoms with E-state index >= 15 is 0 Å². The maximum atomic E-state index is 10.3. The molecule has 166 valence electrons. The van der Waals surface area contributed by atoms with E-state index in [4.69, 9.17) is 5.11 Å². The largest absolute Gasteiger partial charge is 0.481 e. The van der Waals surface area contributed by atoms with E-state index in [1.165, 1.54) is 63.4 Å². The summed E-state index contributed by atoms with van der Waals surface area (Å²) >= 11 is 0. The van der Waals surface area contributed by atoms with Crippen LogP contribution >= 0.6 is 0 Å². The molecule has 0 saturated carbocycles. The second-order valence-electron chi connectivity index (χ2n) is 8.18. The first-order valence-electron chi connectivity index (χ1n) is 11.5. The minimum Gasteiger partial charge on any atom is -0.481 e. The van der Waals surface area contributed by atoms with Crippen LogP contribution in [0.15, 0.2) is 24.3 Å². The molecule has 0 heterocycles. The highest BCUT2D eigenvalue weighted by Crippen LogP contribution is 2.14. The zero-order valence-corrected chi connectivity index (χ0v) is 19.3. The predicted molar refractivity (Wildman–Crippen MR) is 123 cm³/mol. The van der Waals surface area contributed by atoms with Crippen molar-refractivity contribution in [1.82, 2.24) is 0 Å². The van der Waals surface area contributed by atoms with Gasteiger partial charge in [0.1, 0.15) is 0 Å². The predicted octanol–water partition coefficient (Wildman–Crippen LogP) is 7.83. The topological polar surface area (TPSA) is 57.5 Å². The Morgan fingerprint density at radius 2 is 1.39 bits per heavy atom. The molecule has 0 aliphatic carbocycles. The van der Waals surface area contributed by atoms with Gasteiger partial charge in [0.05, 0.1) is 5.60 Å². The van der Waals surface area contributed by atoms with Gasteiger partial charge in [0, 0.05) is 6.42 Å². The molecule has 0 aliphatic heterocycles. The lowest BCUT2D eigenvalue weighted by molar-refractivity contribution is -0.137. The van der Waals surface area contributed by atoms with Gasteiger partial charge in [0.25, 0.3) is 0 Å². The van der Waals surface area contributed by atoms with Crippen molar-refractivity contribution in [2.24, 2.45) is 0 Å². The van der Waals surface area contributed by atoms with Crippen LogP contribution in [0.5, 0.6) is 0 Å². The number of unbranched alkanes of at least 4 members (excludes halogenated alkanes) is 10. The lowest BCUT2D eigenvalue weighted by atomic mass is 9.99. The van der Waals surface area contributed by atoms with Crippen molar-refractivity contribution >= 4 is 5.97 Å². The Morgan fingerprint density at radius 1 is 0.929 bits per heavy atom. The molecule has 0 aromatic rings. The van der Waals surface area contributed by atoms with E-state index in [0.717, 1.165) is 32.1 Å². The van der Waals surface area contributed by atoms with E-state index in [0.29, 0.717) is 6.42 Å². The summed E-state index contributed by atoms with van der Waals surface area (Å²) in [6.45, 7) is 11.9. The molecular formula is C25H48O3. The average molecular weight is 397 g/mol. The number of hydrogen-bond acceptors (Lipinski definition) is 2. The molecule has 0 amide bonds. The summed E-state index contributed by atoms with van der Waals surface area (Å²) in [4.78, 5) is 10.3. The fourth-order valence-corrected chi connectivity index (χ4v) is 2.80. The van der Waals surface area contributed by atoms with E-state index < -0.39 is 11.6 Å². The molecule has 0 saturated heterocycles. The van der Waals surface area contributed by atoms with Crippen LogP contribution in [0, 0.1) is 0 Å². The number of carboxylic acids is 1. The second kappa shape index (κ2) is 20.6. The molecule has 3 nitrogen and oxygen atoms in total. The van der Waals surface area contributed by atoms with Crippen molar-refractivity contribution < 1.29 is 15.0 Å². The smallest absolute Gasteiger partial charge is 0.303 e. The highest BCUT2D eigenvalue weighted by Gasteiger charge is 2.12. The van der Waals surface area contributed by atoms with E-state index in [2.05, 4.69) is 33.4 Å². The lowest BCUT2D eigenvalue weighted by Crippen LogP contribution is -2.19. The van der Waals surface area contributed by atoms with Crippen molar-refractivity contribution in [2.45, 2.75) is 130 Å². The fourth-order valence-electron chi connectivity index (χ4n) is 2.80. The summed E-state index contributed by atoms with van der Waals surface area (Å²) in [7, 11) is 0. The number of aliphatic carboxylic acids is 1. The van der Waals surface area contributed by atoms with Crippen molar-refractivity contribution in [2.75, 3.05) is 0 Å². The summed E-state index contributed by atoms with van der Waals surface area (Å²) in [6, 6.07) is 0. The number of aliphatic hydroxyl groups is 1. The van der Waals surface area contributed by atoms with Gasteiger partial charge in [-0.2, -0.15) is 0 Å². The minimum atomic E-state index is -0.704. The fraction of sp³-hybridized carbons (Fsp3) is 0.800. The molecule has 1 atom stereocenters. The summed E-state index contributed by atoms with van der Waals surface area (Å²) < 4.78 is 0. The Labute approximate surface area is 175 Å². The number of hydrogen-bond donors (Lipinski definition) is 2. The van der Waals surface area contributed by atoms with Gasteiger partial charge in [-0.1, -0.05) is 95.8 Å². The molecular weight excluding hydrogens is 348 g/mol. The molecule has 3 heteroatoms. The van der Waals surface area contributed by atoms with Crippen LogP contribution in [-0.2, 0) is 4.79 Å².